The van der Waals surface area contributed by atoms with Crippen molar-refractivity contribution in [2.75, 3.05) is 0 Å². The first kappa shape index (κ1) is 12.3. The molecule has 0 aliphatic rings. The largest absolute Gasteiger partial charge is 0.393 e. The minimum Gasteiger partial charge on any atom is -0.393 e. The van der Waals surface area contributed by atoms with E-state index in [0.717, 1.165) is 19.3 Å². The van der Waals surface area contributed by atoms with Gasteiger partial charge in [-0.15, -0.1) is 0 Å². The third-order valence-electron chi connectivity index (χ3n) is 3.27. The minimum atomic E-state index is -0.158. The zero-order chi connectivity index (χ0) is 11.3. The summed E-state index contributed by atoms with van der Waals surface area (Å²) in [5.74, 6) is 0.411. The summed E-state index contributed by atoms with van der Waals surface area (Å²) in [6, 6.07) is 8.41. The van der Waals surface area contributed by atoms with E-state index in [0.29, 0.717) is 5.92 Å². The average Bonchev–Trinajstić information content (AvgIpc) is 2.26. The van der Waals surface area contributed by atoms with Crippen LogP contribution in [0.5, 0.6) is 0 Å². The summed E-state index contributed by atoms with van der Waals surface area (Å²) in [5, 5.41) is 9.87. The molecule has 0 aromatic heterocycles. The molecule has 0 spiro atoms. The number of hydrogen-bond donors (Lipinski definition) is 1. The molecule has 1 aromatic carbocycles. The first-order valence-corrected chi connectivity index (χ1v) is 5.87. The number of aryl methyl sites for hydroxylation is 2. The van der Waals surface area contributed by atoms with Crippen LogP contribution in [0.1, 0.15) is 37.8 Å². The van der Waals surface area contributed by atoms with Gasteiger partial charge in [0.2, 0.25) is 0 Å². The maximum absolute atomic E-state index is 9.87. The second-order valence-corrected chi connectivity index (χ2v) is 4.42. The highest BCUT2D eigenvalue weighted by atomic mass is 16.3. The summed E-state index contributed by atoms with van der Waals surface area (Å²) >= 11 is 0. The molecule has 0 amide bonds. The predicted molar refractivity (Wildman–Crippen MR) is 65.0 cm³/mol. The second kappa shape index (κ2) is 5.92. The van der Waals surface area contributed by atoms with Crippen molar-refractivity contribution < 1.29 is 5.11 Å². The standard InChI is InChI=1S/C14H22O/c1-4-11(2)14(15)10-9-13-8-6-5-7-12(13)3/h5-8,11,14-15H,4,9-10H2,1-3H3. The molecule has 1 nitrogen and oxygen atoms in total. The van der Waals surface area contributed by atoms with Crippen molar-refractivity contribution in [3.05, 3.63) is 35.4 Å². The van der Waals surface area contributed by atoms with Crippen molar-refractivity contribution in [2.24, 2.45) is 5.92 Å². The van der Waals surface area contributed by atoms with E-state index in [9.17, 15) is 5.11 Å². The lowest BCUT2D eigenvalue weighted by Crippen LogP contribution is -2.17. The Labute approximate surface area is 93.1 Å². The zero-order valence-corrected chi connectivity index (χ0v) is 10.0. The summed E-state index contributed by atoms with van der Waals surface area (Å²) in [6.07, 6.45) is 2.75. The second-order valence-electron chi connectivity index (χ2n) is 4.42. The Kier molecular flexibility index (Phi) is 4.83. The van der Waals surface area contributed by atoms with E-state index >= 15 is 0 Å². The molecule has 2 atom stereocenters. The summed E-state index contributed by atoms with van der Waals surface area (Å²) in [7, 11) is 0. The molecule has 0 saturated heterocycles. The highest BCUT2D eigenvalue weighted by Crippen LogP contribution is 2.15. The van der Waals surface area contributed by atoms with Gasteiger partial charge in [-0.2, -0.15) is 0 Å². The van der Waals surface area contributed by atoms with E-state index < -0.39 is 0 Å². The summed E-state index contributed by atoms with van der Waals surface area (Å²) in [6.45, 7) is 6.37. The highest BCUT2D eigenvalue weighted by molar-refractivity contribution is 5.25. The van der Waals surface area contributed by atoms with Crippen LogP contribution >= 0.6 is 0 Å². The SMILES string of the molecule is CCC(C)C(O)CCc1ccccc1C. The molecule has 15 heavy (non-hydrogen) atoms. The zero-order valence-electron chi connectivity index (χ0n) is 10.0. The van der Waals surface area contributed by atoms with E-state index in [1.165, 1.54) is 11.1 Å². The first-order chi connectivity index (χ1) is 7.15. The van der Waals surface area contributed by atoms with Gasteiger partial charge in [-0.25, -0.2) is 0 Å². The Balaban J connectivity index is 2.47. The normalized spacial score (nSPS) is 14.9. The van der Waals surface area contributed by atoms with Gasteiger partial charge in [-0.1, -0.05) is 44.5 Å². The number of benzene rings is 1. The van der Waals surface area contributed by atoms with Crippen LogP contribution in [0.15, 0.2) is 24.3 Å². The Morgan fingerprint density at radius 3 is 2.53 bits per heavy atom. The van der Waals surface area contributed by atoms with Crippen LogP contribution in [-0.2, 0) is 6.42 Å². The van der Waals surface area contributed by atoms with E-state index in [-0.39, 0.29) is 6.10 Å². The highest BCUT2D eigenvalue weighted by Gasteiger charge is 2.12. The molecule has 0 aliphatic carbocycles. The Morgan fingerprint density at radius 2 is 1.93 bits per heavy atom. The third-order valence-corrected chi connectivity index (χ3v) is 3.27. The molecule has 0 radical (unpaired) electrons. The number of hydrogen-bond acceptors (Lipinski definition) is 1. The van der Waals surface area contributed by atoms with Crippen LogP contribution in [0.2, 0.25) is 0 Å². The van der Waals surface area contributed by atoms with Crippen molar-refractivity contribution in [3.8, 4) is 0 Å². The summed E-state index contributed by atoms with van der Waals surface area (Å²) < 4.78 is 0. The van der Waals surface area contributed by atoms with Crippen molar-refractivity contribution in [3.63, 3.8) is 0 Å². The van der Waals surface area contributed by atoms with E-state index in [2.05, 4.69) is 45.0 Å². The molecule has 0 fully saturated rings. The molecule has 0 saturated carbocycles. The summed E-state index contributed by atoms with van der Waals surface area (Å²) in [5.41, 5.74) is 2.69. The van der Waals surface area contributed by atoms with Gasteiger partial charge >= 0.3 is 0 Å². The van der Waals surface area contributed by atoms with Gasteiger partial charge in [-0.3, -0.25) is 0 Å². The Morgan fingerprint density at radius 1 is 1.27 bits per heavy atom. The minimum absolute atomic E-state index is 0.158. The van der Waals surface area contributed by atoms with Crippen LogP contribution in [0.3, 0.4) is 0 Å². The van der Waals surface area contributed by atoms with Crippen LogP contribution in [0, 0.1) is 12.8 Å². The topological polar surface area (TPSA) is 20.2 Å². The fraction of sp³-hybridized carbons (Fsp3) is 0.571. The van der Waals surface area contributed by atoms with Crippen molar-refractivity contribution >= 4 is 0 Å². The van der Waals surface area contributed by atoms with Crippen LogP contribution in [0.4, 0.5) is 0 Å². The molecule has 1 rings (SSSR count). The molecule has 84 valence electrons. The lowest BCUT2D eigenvalue weighted by molar-refractivity contribution is 0.106. The number of rotatable bonds is 5. The van der Waals surface area contributed by atoms with E-state index in [1.54, 1.807) is 0 Å². The van der Waals surface area contributed by atoms with Crippen molar-refractivity contribution in [1.82, 2.24) is 0 Å². The molecular formula is C14H22O. The number of aliphatic hydroxyl groups is 1. The monoisotopic (exact) mass is 206 g/mol. The van der Waals surface area contributed by atoms with Crippen molar-refractivity contribution in [1.29, 1.82) is 0 Å². The third kappa shape index (κ3) is 3.67. The van der Waals surface area contributed by atoms with Gasteiger partial charge in [0.05, 0.1) is 6.10 Å². The maximum atomic E-state index is 9.87. The first-order valence-electron chi connectivity index (χ1n) is 5.87. The predicted octanol–water partition coefficient (Wildman–Crippen LogP) is 3.33. The van der Waals surface area contributed by atoms with Gasteiger partial charge in [0, 0.05) is 0 Å². The van der Waals surface area contributed by atoms with E-state index in [4.69, 9.17) is 0 Å². The molecule has 1 heteroatoms. The Hall–Kier alpha value is -0.820. The smallest absolute Gasteiger partial charge is 0.0568 e. The fourth-order valence-electron chi connectivity index (χ4n) is 1.75. The molecule has 2 unspecified atom stereocenters. The van der Waals surface area contributed by atoms with Crippen molar-refractivity contribution in [2.45, 2.75) is 46.1 Å². The molecule has 0 heterocycles. The van der Waals surface area contributed by atoms with Crippen LogP contribution in [-0.4, -0.2) is 11.2 Å². The molecular weight excluding hydrogens is 184 g/mol. The average molecular weight is 206 g/mol. The molecule has 1 aromatic rings. The van der Waals surface area contributed by atoms with E-state index in [1.807, 2.05) is 0 Å². The molecule has 0 bridgehead atoms. The van der Waals surface area contributed by atoms with Gasteiger partial charge in [-0.05, 0) is 36.8 Å². The van der Waals surface area contributed by atoms with Crippen LogP contribution < -0.4 is 0 Å². The fourth-order valence-corrected chi connectivity index (χ4v) is 1.75. The van der Waals surface area contributed by atoms with Gasteiger partial charge in [0.1, 0.15) is 0 Å². The van der Waals surface area contributed by atoms with Gasteiger partial charge in [0.15, 0.2) is 0 Å². The maximum Gasteiger partial charge on any atom is 0.0568 e. The lowest BCUT2D eigenvalue weighted by atomic mass is 9.94. The lowest BCUT2D eigenvalue weighted by Gasteiger charge is -2.17. The molecule has 1 N–H and O–H groups in total. The van der Waals surface area contributed by atoms with Gasteiger partial charge < -0.3 is 5.11 Å². The number of aliphatic hydroxyl groups excluding tert-OH is 1. The molecule has 0 aliphatic heterocycles. The quantitative estimate of drug-likeness (QED) is 0.783. The summed E-state index contributed by atoms with van der Waals surface area (Å²) in [4.78, 5) is 0. The van der Waals surface area contributed by atoms with Crippen LogP contribution in [0.25, 0.3) is 0 Å². The van der Waals surface area contributed by atoms with Gasteiger partial charge in [0.25, 0.3) is 0 Å². The Bertz CT molecular complexity index is 293.